The number of aliphatic hydroxyl groups excluding tert-OH is 1. The molecular weight excluding hydrogens is 220 g/mol. The van der Waals surface area contributed by atoms with Crippen molar-refractivity contribution in [2.45, 2.75) is 46.2 Å². The van der Waals surface area contributed by atoms with Gasteiger partial charge in [-0.15, -0.1) is 0 Å². The Morgan fingerprint density at radius 1 is 1.29 bits per heavy atom. The zero-order valence-electron chi connectivity index (χ0n) is 11.1. The van der Waals surface area contributed by atoms with E-state index >= 15 is 0 Å². The van der Waals surface area contributed by atoms with Crippen LogP contribution in [0, 0.1) is 11.8 Å². The molecule has 0 aliphatic carbocycles. The summed E-state index contributed by atoms with van der Waals surface area (Å²) in [6.07, 6.45) is 1.24. The molecule has 0 radical (unpaired) electrons. The molecule has 3 N–H and O–H groups in total. The van der Waals surface area contributed by atoms with Crippen molar-refractivity contribution in [3.8, 4) is 0 Å². The molecule has 2 atom stereocenters. The second kappa shape index (κ2) is 8.06. The average Bonchev–Trinajstić information content (AvgIpc) is 2.23. The van der Waals surface area contributed by atoms with E-state index in [1.54, 1.807) is 0 Å². The number of carbonyl (C=O) groups excluding carboxylic acids is 2. The quantitative estimate of drug-likeness (QED) is 0.537. The molecule has 0 bridgehead atoms. The molecule has 100 valence electrons. The maximum absolute atomic E-state index is 11.9. The standard InChI is InChI=1S/C12H24N2O3/c1-8(2)5-10(6-15)14-12(17)11(9(3)4)13-7-16/h7-11,15H,5-6H2,1-4H3,(H,13,16)(H,14,17). The minimum Gasteiger partial charge on any atom is -0.394 e. The Labute approximate surface area is 103 Å². The summed E-state index contributed by atoms with van der Waals surface area (Å²) >= 11 is 0. The Morgan fingerprint density at radius 2 is 1.88 bits per heavy atom. The van der Waals surface area contributed by atoms with E-state index in [9.17, 15) is 9.59 Å². The highest BCUT2D eigenvalue weighted by Crippen LogP contribution is 2.06. The van der Waals surface area contributed by atoms with Crippen LogP contribution in [0.25, 0.3) is 0 Å². The maximum atomic E-state index is 11.9. The van der Waals surface area contributed by atoms with Crippen molar-refractivity contribution < 1.29 is 14.7 Å². The van der Waals surface area contributed by atoms with Gasteiger partial charge in [0.25, 0.3) is 0 Å². The van der Waals surface area contributed by atoms with Crippen molar-refractivity contribution in [2.75, 3.05) is 6.61 Å². The molecular formula is C12H24N2O3. The van der Waals surface area contributed by atoms with E-state index in [4.69, 9.17) is 5.11 Å². The average molecular weight is 244 g/mol. The highest BCUT2D eigenvalue weighted by atomic mass is 16.3. The summed E-state index contributed by atoms with van der Waals surface area (Å²) < 4.78 is 0. The summed E-state index contributed by atoms with van der Waals surface area (Å²) in [5.74, 6) is 0.161. The summed E-state index contributed by atoms with van der Waals surface area (Å²) in [7, 11) is 0. The molecule has 2 amide bonds. The van der Waals surface area contributed by atoms with Gasteiger partial charge in [-0.3, -0.25) is 9.59 Å². The first-order valence-electron chi connectivity index (χ1n) is 6.03. The van der Waals surface area contributed by atoms with Crippen molar-refractivity contribution in [1.29, 1.82) is 0 Å². The molecule has 0 fully saturated rings. The van der Waals surface area contributed by atoms with E-state index in [0.717, 1.165) is 0 Å². The lowest BCUT2D eigenvalue weighted by Gasteiger charge is -2.24. The van der Waals surface area contributed by atoms with E-state index in [2.05, 4.69) is 10.6 Å². The molecule has 0 saturated heterocycles. The second-order valence-corrected chi connectivity index (χ2v) is 5.02. The van der Waals surface area contributed by atoms with Crippen molar-refractivity contribution >= 4 is 12.3 Å². The lowest BCUT2D eigenvalue weighted by atomic mass is 10.0. The Hall–Kier alpha value is -1.10. The summed E-state index contributed by atoms with van der Waals surface area (Å²) in [5, 5.41) is 14.4. The predicted octanol–water partition coefficient (Wildman–Crippen LogP) is 0.280. The Morgan fingerprint density at radius 3 is 2.24 bits per heavy atom. The van der Waals surface area contributed by atoms with Gasteiger partial charge in [-0.2, -0.15) is 0 Å². The van der Waals surface area contributed by atoms with Crippen molar-refractivity contribution in [2.24, 2.45) is 11.8 Å². The van der Waals surface area contributed by atoms with Gasteiger partial charge in [0.15, 0.2) is 0 Å². The number of hydrogen-bond donors (Lipinski definition) is 3. The van der Waals surface area contributed by atoms with Crippen LogP contribution in [0.1, 0.15) is 34.1 Å². The van der Waals surface area contributed by atoms with Crippen LogP contribution in [0.4, 0.5) is 0 Å². The van der Waals surface area contributed by atoms with Gasteiger partial charge in [0.1, 0.15) is 6.04 Å². The monoisotopic (exact) mass is 244 g/mol. The topological polar surface area (TPSA) is 78.4 Å². The third-order valence-corrected chi connectivity index (χ3v) is 2.52. The summed E-state index contributed by atoms with van der Waals surface area (Å²) in [6, 6.07) is -0.800. The largest absolute Gasteiger partial charge is 0.394 e. The molecule has 0 rings (SSSR count). The SMILES string of the molecule is CC(C)CC(CO)NC(=O)C(NC=O)C(C)C. The van der Waals surface area contributed by atoms with Gasteiger partial charge in [0, 0.05) is 0 Å². The van der Waals surface area contributed by atoms with Crippen LogP contribution < -0.4 is 10.6 Å². The minimum atomic E-state index is -0.547. The Balaban J connectivity index is 4.40. The lowest BCUT2D eigenvalue weighted by molar-refractivity contribution is -0.127. The lowest BCUT2D eigenvalue weighted by Crippen LogP contribution is -2.51. The second-order valence-electron chi connectivity index (χ2n) is 5.02. The minimum absolute atomic E-state index is 0.0126. The van der Waals surface area contributed by atoms with E-state index in [1.807, 2.05) is 27.7 Å². The number of hydrogen-bond acceptors (Lipinski definition) is 3. The van der Waals surface area contributed by atoms with Gasteiger partial charge in [0.05, 0.1) is 12.6 Å². The van der Waals surface area contributed by atoms with Crippen LogP contribution >= 0.6 is 0 Å². The number of aliphatic hydroxyl groups is 1. The fourth-order valence-corrected chi connectivity index (χ4v) is 1.68. The number of carbonyl (C=O) groups is 2. The van der Waals surface area contributed by atoms with Crippen molar-refractivity contribution in [1.82, 2.24) is 10.6 Å². The molecule has 0 spiro atoms. The first-order valence-corrected chi connectivity index (χ1v) is 6.03. The number of rotatable bonds is 8. The van der Waals surface area contributed by atoms with Crippen molar-refractivity contribution in [3.63, 3.8) is 0 Å². The summed E-state index contributed by atoms with van der Waals surface area (Å²) in [6.45, 7) is 7.68. The smallest absolute Gasteiger partial charge is 0.243 e. The molecule has 0 aliphatic rings. The molecule has 0 aromatic rings. The highest BCUT2D eigenvalue weighted by Gasteiger charge is 2.23. The van der Waals surface area contributed by atoms with Crippen LogP contribution in [0.2, 0.25) is 0 Å². The van der Waals surface area contributed by atoms with Gasteiger partial charge in [-0.25, -0.2) is 0 Å². The van der Waals surface area contributed by atoms with E-state index in [-0.39, 0.29) is 24.5 Å². The van der Waals surface area contributed by atoms with Crippen molar-refractivity contribution in [3.05, 3.63) is 0 Å². The molecule has 0 aromatic heterocycles. The van der Waals surface area contributed by atoms with Crippen LogP contribution in [0.5, 0.6) is 0 Å². The van der Waals surface area contributed by atoms with Crippen LogP contribution in [-0.4, -0.2) is 36.1 Å². The molecule has 0 heterocycles. The Bertz CT molecular complexity index is 242. The third kappa shape index (κ3) is 6.26. The van der Waals surface area contributed by atoms with Gasteiger partial charge < -0.3 is 15.7 Å². The normalized spacial score (nSPS) is 14.5. The first kappa shape index (κ1) is 15.9. The molecule has 17 heavy (non-hydrogen) atoms. The van der Waals surface area contributed by atoms with Gasteiger partial charge in [-0.1, -0.05) is 27.7 Å². The van der Waals surface area contributed by atoms with Gasteiger partial charge in [-0.05, 0) is 18.3 Å². The summed E-state index contributed by atoms with van der Waals surface area (Å²) in [4.78, 5) is 22.3. The number of nitrogens with one attached hydrogen (secondary N) is 2. The third-order valence-electron chi connectivity index (χ3n) is 2.52. The predicted molar refractivity (Wildman–Crippen MR) is 66.3 cm³/mol. The summed E-state index contributed by atoms with van der Waals surface area (Å²) in [5.41, 5.74) is 0. The fourth-order valence-electron chi connectivity index (χ4n) is 1.68. The first-order chi connectivity index (χ1) is 7.92. The van der Waals surface area contributed by atoms with E-state index in [0.29, 0.717) is 18.7 Å². The molecule has 0 aromatic carbocycles. The van der Waals surface area contributed by atoms with Gasteiger partial charge >= 0.3 is 0 Å². The molecule has 0 aliphatic heterocycles. The Kier molecular flexibility index (Phi) is 7.54. The van der Waals surface area contributed by atoms with E-state index in [1.165, 1.54) is 0 Å². The highest BCUT2D eigenvalue weighted by molar-refractivity contribution is 5.84. The zero-order valence-corrected chi connectivity index (χ0v) is 11.1. The molecule has 2 unspecified atom stereocenters. The molecule has 5 heteroatoms. The zero-order chi connectivity index (χ0) is 13.4. The number of amides is 2. The van der Waals surface area contributed by atoms with E-state index < -0.39 is 6.04 Å². The maximum Gasteiger partial charge on any atom is 0.243 e. The van der Waals surface area contributed by atoms with Crippen LogP contribution in [0.3, 0.4) is 0 Å². The molecule has 0 saturated carbocycles. The van der Waals surface area contributed by atoms with Gasteiger partial charge in [0.2, 0.25) is 12.3 Å². The van der Waals surface area contributed by atoms with Crippen LogP contribution in [-0.2, 0) is 9.59 Å². The van der Waals surface area contributed by atoms with Crippen LogP contribution in [0.15, 0.2) is 0 Å². The molecule has 5 nitrogen and oxygen atoms in total. The fraction of sp³-hybridized carbons (Fsp3) is 0.833.